The molecule has 2 aromatic heterocycles. The van der Waals surface area contributed by atoms with Crippen LogP contribution in [0, 0.1) is 0 Å². The minimum atomic E-state index is 0.678. The maximum Gasteiger partial charge on any atom is 0.152 e. The van der Waals surface area contributed by atoms with Crippen molar-refractivity contribution in [3.8, 4) is 0 Å². The van der Waals surface area contributed by atoms with Crippen LogP contribution in [0.25, 0.3) is 11.0 Å². The van der Waals surface area contributed by atoms with E-state index in [1.165, 1.54) is 0 Å². The first-order valence-corrected chi connectivity index (χ1v) is 6.36. The first kappa shape index (κ1) is 12.0. The van der Waals surface area contributed by atoms with Gasteiger partial charge in [0.15, 0.2) is 5.82 Å². The SMILES string of the molecule is Cn1cnc2ccnc(NCc3cccc(Cl)c3)c21. The normalized spacial score (nSPS) is 10.8. The molecule has 0 saturated carbocycles. The van der Waals surface area contributed by atoms with Gasteiger partial charge in [-0.3, -0.25) is 0 Å². The number of halogens is 1. The van der Waals surface area contributed by atoms with Crippen molar-refractivity contribution in [3.05, 3.63) is 53.4 Å². The Bertz CT molecular complexity index is 720. The van der Waals surface area contributed by atoms with E-state index < -0.39 is 0 Å². The Labute approximate surface area is 116 Å². The van der Waals surface area contributed by atoms with Crippen LogP contribution in [-0.2, 0) is 13.6 Å². The minimum Gasteiger partial charge on any atom is -0.364 e. The second-order valence-electron chi connectivity index (χ2n) is 4.37. The lowest BCUT2D eigenvalue weighted by Crippen LogP contribution is -2.03. The van der Waals surface area contributed by atoms with Crippen LogP contribution in [0.15, 0.2) is 42.9 Å². The average Bonchev–Trinajstić information content (AvgIpc) is 2.79. The number of hydrogen-bond donors (Lipinski definition) is 1. The van der Waals surface area contributed by atoms with Gasteiger partial charge < -0.3 is 9.88 Å². The molecule has 0 aliphatic rings. The number of nitrogens with zero attached hydrogens (tertiary/aromatic N) is 3. The summed E-state index contributed by atoms with van der Waals surface area (Å²) in [7, 11) is 1.96. The number of aromatic nitrogens is 3. The highest BCUT2D eigenvalue weighted by molar-refractivity contribution is 6.30. The zero-order valence-electron chi connectivity index (χ0n) is 10.5. The van der Waals surface area contributed by atoms with E-state index >= 15 is 0 Å². The van der Waals surface area contributed by atoms with E-state index in [-0.39, 0.29) is 0 Å². The van der Waals surface area contributed by atoms with E-state index in [1.807, 2.05) is 41.9 Å². The number of rotatable bonds is 3. The molecular formula is C14H13ClN4. The fraction of sp³-hybridized carbons (Fsp3) is 0.143. The largest absolute Gasteiger partial charge is 0.364 e. The molecule has 0 radical (unpaired) electrons. The van der Waals surface area contributed by atoms with Gasteiger partial charge in [-0.1, -0.05) is 23.7 Å². The third-order valence-corrected chi connectivity index (χ3v) is 3.21. The Morgan fingerprint density at radius 3 is 3.00 bits per heavy atom. The average molecular weight is 273 g/mol. The lowest BCUT2D eigenvalue weighted by molar-refractivity contribution is 0.942. The van der Waals surface area contributed by atoms with E-state index in [4.69, 9.17) is 11.6 Å². The summed E-state index contributed by atoms with van der Waals surface area (Å²) in [6.45, 7) is 0.678. The highest BCUT2D eigenvalue weighted by Crippen LogP contribution is 2.20. The molecule has 4 nitrogen and oxygen atoms in total. The minimum absolute atomic E-state index is 0.678. The molecule has 0 saturated heterocycles. The maximum atomic E-state index is 5.97. The predicted molar refractivity (Wildman–Crippen MR) is 77.3 cm³/mol. The first-order valence-electron chi connectivity index (χ1n) is 5.98. The van der Waals surface area contributed by atoms with Gasteiger partial charge in [0.2, 0.25) is 0 Å². The second-order valence-corrected chi connectivity index (χ2v) is 4.80. The van der Waals surface area contributed by atoms with E-state index in [1.54, 1.807) is 12.5 Å². The zero-order valence-corrected chi connectivity index (χ0v) is 11.2. The molecule has 2 heterocycles. The van der Waals surface area contributed by atoms with Gasteiger partial charge in [0.1, 0.15) is 5.52 Å². The standard InChI is InChI=1S/C14H13ClN4/c1-19-9-18-12-5-6-16-14(13(12)19)17-8-10-3-2-4-11(15)7-10/h2-7,9H,8H2,1H3,(H,16,17). The molecule has 3 rings (SSSR count). The van der Waals surface area contributed by atoms with Crippen LogP contribution in [0.5, 0.6) is 0 Å². The third kappa shape index (κ3) is 2.39. The summed E-state index contributed by atoms with van der Waals surface area (Å²) in [5.41, 5.74) is 3.06. The number of benzene rings is 1. The molecular weight excluding hydrogens is 260 g/mol. The van der Waals surface area contributed by atoms with E-state index in [9.17, 15) is 0 Å². The summed E-state index contributed by atoms with van der Waals surface area (Å²) in [4.78, 5) is 8.68. The fourth-order valence-electron chi connectivity index (χ4n) is 2.06. The Hall–Kier alpha value is -2.07. The number of imidazole rings is 1. The summed E-state index contributed by atoms with van der Waals surface area (Å²) in [5.74, 6) is 0.831. The number of fused-ring (bicyclic) bond motifs is 1. The van der Waals surface area contributed by atoms with Crippen LogP contribution in [0.1, 0.15) is 5.56 Å². The fourth-order valence-corrected chi connectivity index (χ4v) is 2.28. The van der Waals surface area contributed by atoms with Crippen molar-refractivity contribution in [2.45, 2.75) is 6.54 Å². The predicted octanol–water partition coefficient (Wildman–Crippen LogP) is 3.23. The Kier molecular flexibility index (Phi) is 3.09. The van der Waals surface area contributed by atoms with Crippen molar-refractivity contribution in [1.29, 1.82) is 0 Å². The lowest BCUT2D eigenvalue weighted by atomic mass is 10.2. The molecule has 5 heteroatoms. The number of aryl methyl sites for hydroxylation is 1. The molecule has 96 valence electrons. The van der Waals surface area contributed by atoms with Crippen LogP contribution in [0.2, 0.25) is 5.02 Å². The Balaban J connectivity index is 1.88. The van der Waals surface area contributed by atoms with Crippen molar-refractivity contribution in [2.75, 3.05) is 5.32 Å². The molecule has 3 aromatic rings. The molecule has 0 aliphatic carbocycles. The molecule has 0 amide bonds. The molecule has 0 spiro atoms. The van der Waals surface area contributed by atoms with Crippen LogP contribution in [-0.4, -0.2) is 14.5 Å². The van der Waals surface area contributed by atoms with Crippen molar-refractivity contribution < 1.29 is 0 Å². The molecule has 1 N–H and O–H groups in total. The molecule has 1 aromatic carbocycles. The highest BCUT2D eigenvalue weighted by atomic mass is 35.5. The number of anilines is 1. The number of pyridine rings is 1. The summed E-state index contributed by atoms with van der Waals surface area (Å²) >= 11 is 5.97. The van der Waals surface area contributed by atoms with Crippen LogP contribution in [0.4, 0.5) is 5.82 Å². The molecule has 19 heavy (non-hydrogen) atoms. The van der Waals surface area contributed by atoms with Crippen molar-refractivity contribution >= 4 is 28.5 Å². The Morgan fingerprint density at radius 1 is 1.26 bits per heavy atom. The zero-order chi connectivity index (χ0) is 13.2. The molecule has 0 atom stereocenters. The van der Waals surface area contributed by atoms with Crippen LogP contribution >= 0.6 is 11.6 Å². The van der Waals surface area contributed by atoms with E-state index in [0.29, 0.717) is 6.54 Å². The first-order chi connectivity index (χ1) is 9.24. The molecule has 0 unspecified atom stereocenters. The summed E-state index contributed by atoms with van der Waals surface area (Å²) in [6.07, 6.45) is 3.55. The summed E-state index contributed by atoms with van der Waals surface area (Å²) in [5, 5.41) is 4.07. The Morgan fingerprint density at radius 2 is 2.16 bits per heavy atom. The molecule has 0 fully saturated rings. The number of nitrogens with one attached hydrogen (secondary N) is 1. The van der Waals surface area contributed by atoms with E-state index in [2.05, 4.69) is 15.3 Å². The van der Waals surface area contributed by atoms with Gasteiger partial charge in [0.25, 0.3) is 0 Å². The highest BCUT2D eigenvalue weighted by Gasteiger charge is 2.06. The van der Waals surface area contributed by atoms with Crippen LogP contribution < -0.4 is 5.32 Å². The van der Waals surface area contributed by atoms with Gasteiger partial charge in [0.05, 0.1) is 11.8 Å². The number of hydrogen-bond acceptors (Lipinski definition) is 3. The quantitative estimate of drug-likeness (QED) is 0.796. The van der Waals surface area contributed by atoms with E-state index in [0.717, 1.165) is 27.4 Å². The van der Waals surface area contributed by atoms with Gasteiger partial charge in [-0.15, -0.1) is 0 Å². The van der Waals surface area contributed by atoms with Gasteiger partial charge >= 0.3 is 0 Å². The smallest absolute Gasteiger partial charge is 0.152 e. The molecule has 0 bridgehead atoms. The topological polar surface area (TPSA) is 42.7 Å². The summed E-state index contributed by atoms with van der Waals surface area (Å²) in [6, 6.07) is 9.68. The maximum absolute atomic E-state index is 5.97. The lowest BCUT2D eigenvalue weighted by Gasteiger charge is -2.08. The van der Waals surface area contributed by atoms with Gasteiger partial charge in [-0.25, -0.2) is 9.97 Å². The van der Waals surface area contributed by atoms with Gasteiger partial charge in [-0.2, -0.15) is 0 Å². The van der Waals surface area contributed by atoms with Crippen molar-refractivity contribution in [1.82, 2.24) is 14.5 Å². The van der Waals surface area contributed by atoms with Crippen molar-refractivity contribution in [3.63, 3.8) is 0 Å². The van der Waals surface area contributed by atoms with Gasteiger partial charge in [-0.05, 0) is 23.8 Å². The third-order valence-electron chi connectivity index (χ3n) is 2.97. The molecule has 0 aliphatic heterocycles. The monoisotopic (exact) mass is 272 g/mol. The van der Waals surface area contributed by atoms with Crippen molar-refractivity contribution in [2.24, 2.45) is 7.05 Å². The second kappa shape index (κ2) is 4.90. The summed E-state index contributed by atoms with van der Waals surface area (Å²) < 4.78 is 1.96. The van der Waals surface area contributed by atoms with Crippen LogP contribution in [0.3, 0.4) is 0 Å². The van der Waals surface area contributed by atoms with Gasteiger partial charge in [0, 0.05) is 24.8 Å².